The highest BCUT2D eigenvalue weighted by molar-refractivity contribution is 5.95. The molecular formula is C24H29F3N4O6. The van der Waals surface area contributed by atoms with Crippen molar-refractivity contribution < 1.29 is 42.1 Å². The van der Waals surface area contributed by atoms with E-state index in [2.05, 4.69) is 16.3 Å². The highest BCUT2D eigenvalue weighted by Gasteiger charge is 2.52. The van der Waals surface area contributed by atoms with Crippen LogP contribution < -0.4 is 5.32 Å². The summed E-state index contributed by atoms with van der Waals surface area (Å²) in [6.45, 7) is 3.84. The minimum absolute atomic E-state index is 0.0249. The Bertz CT molecular complexity index is 1030. The van der Waals surface area contributed by atoms with Crippen LogP contribution in [-0.4, -0.2) is 104 Å². The van der Waals surface area contributed by atoms with Gasteiger partial charge in [0.1, 0.15) is 11.6 Å². The van der Waals surface area contributed by atoms with Gasteiger partial charge in [0.15, 0.2) is 0 Å². The smallest absolute Gasteiger partial charge is 0.475 e. The molecule has 1 spiro atoms. The third-order valence-electron chi connectivity index (χ3n) is 6.30. The van der Waals surface area contributed by atoms with Gasteiger partial charge in [0.2, 0.25) is 5.91 Å². The average Bonchev–Trinajstić information content (AvgIpc) is 3.66. The number of alkyl halides is 3. The maximum atomic E-state index is 12.8. The number of carbonyl (C=O) groups is 3. The second-order valence-corrected chi connectivity index (χ2v) is 9.32. The number of halogens is 3. The lowest BCUT2D eigenvalue weighted by atomic mass is 9.89. The summed E-state index contributed by atoms with van der Waals surface area (Å²) in [6.07, 6.45) is -2.66. The zero-order valence-corrected chi connectivity index (χ0v) is 20.3. The molecule has 2 saturated heterocycles. The van der Waals surface area contributed by atoms with E-state index in [0.29, 0.717) is 56.4 Å². The maximum absolute atomic E-state index is 12.8. The highest BCUT2D eigenvalue weighted by atomic mass is 19.4. The first-order valence-corrected chi connectivity index (χ1v) is 11.7. The van der Waals surface area contributed by atoms with Gasteiger partial charge in [-0.05, 0) is 37.0 Å². The third-order valence-corrected chi connectivity index (χ3v) is 6.30. The van der Waals surface area contributed by atoms with Crippen molar-refractivity contribution in [2.24, 2.45) is 5.92 Å². The van der Waals surface area contributed by atoms with Gasteiger partial charge in [-0.25, -0.2) is 4.79 Å². The summed E-state index contributed by atoms with van der Waals surface area (Å²) >= 11 is 0. The lowest BCUT2D eigenvalue weighted by Crippen LogP contribution is -2.73. The summed E-state index contributed by atoms with van der Waals surface area (Å²) in [7, 11) is 1.61. The number of carboxylic acid groups (broad SMARTS) is 1. The van der Waals surface area contributed by atoms with Gasteiger partial charge in [-0.2, -0.15) is 18.4 Å². The average molecular weight is 527 g/mol. The number of ether oxygens (including phenoxy) is 2. The van der Waals surface area contributed by atoms with Crippen LogP contribution in [0.5, 0.6) is 0 Å². The molecule has 0 radical (unpaired) electrons. The Morgan fingerprint density at radius 2 is 1.95 bits per heavy atom. The number of rotatable bonds is 7. The molecular weight excluding hydrogens is 497 g/mol. The van der Waals surface area contributed by atoms with Crippen molar-refractivity contribution in [3.8, 4) is 6.07 Å². The van der Waals surface area contributed by atoms with Crippen LogP contribution in [-0.2, 0) is 19.1 Å². The highest BCUT2D eigenvalue weighted by Crippen LogP contribution is 2.36. The lowest BCUT2D eigenvalue weighted by Gasteiger charge is -2.55. The normalized spacial score (nSPS) is 20.7. The molecule has 1 aromatic carbocycles. The number of nitrogens with zero attached hydrogens (tertiary/aromatic N) is 3. The van der Waals surface area contributed by atoms with Gasteiger partial charge in [0.05, 0.1) is 37.9 Å². The summed E-state index contributed by atoms with van der Waals surface area (Å²) in [5.41, 5.74) is 0.577. The number of hydrogen-bond acceptors (Lipinski definition) is 7. The van der Waals surface area contributed by atoms with Gasteiger partial charge in [0.25, 0.3) is 5.91 Å². The van der Waals surface area contributed by atoms with Crippen LogP contribution in [0.3, 0.4) is 0 Å². The van der Waals surface area contributed by atoms with Crippen LogP contribution in [0.15, 0.2) is 24.3 Å². The van der Waals surface area contributed by atoms with Gasteiger partial charge in [0, 0.05) is 32.3 Å². The standard InChI is InChI=1S/C22H28N4O4.C2HF3O2/c1-29-8-7-24-20(27)19-12-30-22(13-25(19)11-16-5-6-16)14-26(15-22)21(28)18-4-2-3-17(9-18)10-23;3-2(4,5)1(6)7/h2-4,9,16,19H,5-8,11-15H2,1H3,(H,24,27);(H,6,7). The SMILES string of the molecule is COCCNC(=O)C1COC2(CN(C(=O)c3cccc(C#N)c3)C2)CN1CC1CC1.O=C(O)C(F)(F)F. The third kappa shape index (κ3) is 7.64. The first kappa shape index (κ1) is 28.4. The van der Waals surface area contributed by atoms with E-state index in [0.717, 1.165) is 6.54 Å². The maximum Gasteiger partial charge on any atom is 0.490 e. The summed E-state index contributed by atoms with van der Waals surface area (Å²) in [6, 6.07) is 8.53. The second kappa shape index (κ2) is 11.9. The molecule has 1 aliphatic carbocycles. The van der Waals surface area contributed by atoms with Gasteiger partial charge in [-0.15, -0.1) is 0 Å². The Labute approximate surface area is 211 Å². The number of aliphatic carboxylic acids is 1. The van der Waals surface area contributed by atoms with Crippen molar-refractivity contribution in [2.75, 3.05) is 53.0 Å². The molecule has 10 nitrogen and oxygen atoms in total. The molecule has 1 saturated carbocycles. The van der Waals surface area contributed by atoms with E-state index in [1.54, 1.807) is 36.3 Å². The largest absolute Gasteiger partial charge is 0.490 e. The topological polar surface area (TPSA) is 132 Å². The van der Waals surface area contributed by atoms with Crippen molar-refractivity contribution in [1.29, 1.82) is 5.26 Å². The zero-order chi connectivity index (χ0) is 27.2. The van der Waals surface area contributed by atoms with E-state index in [-0.39, 0.29) is 17.9 Å². The van der Waals surface area contributed by atoms with E-state index in [1.165, 1.54) is 12.8 Å². The summed E-state index contributed by atoms with van der Waals surface area (Å²) in [5, 5.41) is 19.1. The fourth-order valence-corrected chi connectivity index (χ4v) is 4.24. The van der Waals surface area contributed by atoms with Crippen LogP contribution in [0.25, 0.3) is 0 Å². The van der Waals surface area contributed by atoms with Gasteiger partial charge >= 0.3 is 12.1 Å². The molecule has 1 unspecified atom stereocenters. The number of amides is 2. The number of carboxylic acids is 1. The number of methoxy groups -OCH3 is 1. The monoisotopic (exact) mass is 526 g/mol. The molecule has 0 bridgehead atoms. The van der Waals surface area contributed by atoms with Crippen LogP contribution in [0, 0.1) is 17.2 Å². The number of carbonyl (C=O) groups excluding carboxylic acids is 2. The number of nitrogens with one attached hydrogen (secondary N) is 1. The van der Waals surface area contributed by atoms with Crippen LogP contribution in [0.1, 0.15) is 28.8 Å². The van der Waals surface area contributed by atoms with Crippen LogP contribution in [0.4, 0.5) is 13.2 Å². The van der Waals surface area contributed by atoms with Crippen molar-refractivity contribution in [2.45, 2.75) is 30.7 Å². The summed E-state index contributed by atoms with van der Waals surface area (Å²) in [5.74, 6) is -2.22. The summed E-state index contributed by atoms with van der Waals surface area (Å²) < 4.78 is 42.9. The molecule has 0 aromatic heterocycles. The molecule has 37 heavy (non-hydrogen) atoms. The van der Waals surface area contributed by atoms with Gasteiger partial charge in [-0.3, -0.25) is 14.5 Å². The van der Waals surface area contributed by atoms with E-state index in [4.69, 9.17) is 24.6 Å². The molecule has 2 N–H and O–H groups in total. The number of likely N-dealkylation sites (tertiary alicyclic amines) is 1. The molecule has 202 valence electrons. The Hall–Kier alpha value is -3.21. The fraction of sp³-hybridized carbons (Fsp3) is 0.583. The lowest BCUT2D eigenvalue weighted by molar-refractivity contribution is -0.192. The molecule has 1 atom stereocenters. The van der Waals surface area contributed by atoms with E-state index in [1.807, 2.05) is 0 Å². The van der Waals surface area contributed by atoms with Gasteiger partial charge < -0.3 is 24.8 Å². The van der Waals surface area contributed by atoms with Crippen molar-refractivity contribution in [3.63, 3.8) is 0 Å². The number of morpholine rings is 1. The molecule has 3 aliphatic rings. The molecule has 3 fully saturated rings. The minimum Gasteiger partial charge on any atom is -0.475 e. The zero-order valence-electron chi connectivity index (χ0n) is 20.3. The predicted molar refractivity (Wildman–Crippen MR) is 122 cm³/mol. The van der Waals surface area contributed by atoms with Crippen LogP contribution >= 0.6 is 0 Å². The first-order chi connectivity index (χ1) is 17.5. The van der Waals surface area contributed by atoms with Gasteiger partial charge in [-0.1, -0.05) is 6.07 Å². The first-order valence-electron chi connectivity index (χ1n) is 11.7. The Morgan fingerprint density at radius 3 is 2.51 bits per heavy atom. The molecule has 13 heteroatoms. The molecule has 2 heterocycles. The number of benzene rings is 1. The minimum atomic E-state index is -5.08. The van der Waals surface area contributed by atoms with E-state index >= 15 is 0 Å². The Morgan fingerprint density at radius 1 is 1.27 bits per heavy atom. The summed E-state index contributed by atoms with van der Waals surface area (Å²) in [4.78, 5) is 38.3. The van der Waals surface area contributed by atoms with E-state index in [9.17, 15) is 22.8 Å². The molecule has 2 aliphatic heterocycles. The van der Waals surface area contributed by atoms with Crippen molar-refractivity contribution in [3.05, 3.63) is 35.4 Å². The Balaban J connectivity index is 0.000000479. The van der Waals surface area contributed by atoms with Crippen molar-refractivity contribution >= 4 is 17.8 Å². The Kier molecular flexibility index (Phi) is 9.12. The van der Waals surface area contributed by atoms with Crippen molar-refractivity contribution in [1.82, 2.24) is 15.1 Å². The fourth-order valence-electron chi connectivity index (χ4n) is 4.24. The molecule has 1 aromatic rings. The molecule has 2 amide bonds. The second-order valence-electron chi connectivity index (χ2n) is 9.32. The van der Waals surface area contributed by atoms with Crippen LogP contribution in [0.2, 0.25) is 0 Å². The number of nitriles is 1. The quantitative estimate of drug-likeness (QED) is 0.508. The number of hydrogen-bond donors (Lipinski definition) is 2. The van der Waals surface area contributed by atoms with E-state index < -0.39 is 17.7 Å². The predicted octanol–water partition coefficient (Wildman–Crippen LogP) is 1.26. The molecule has 4 rings (SSSR count).